The number of nitrogens with one attached hydrogen (secondary N) is 2. The van der Waals surface area contributed by atoms with Crippen LogP contribution in [0.15, 0.2) is 65.7 Å². The Hall–Kier alpha value is -2.33. The van der Waals surface area contributed by atoms with Crippen molar-refractivity contribution in [2.24, 2.45) is 10.9 Å². The Morgan fingerprint density at radius 3 is 2.50 bits per heavy atom. The van der Waals surface area contributed by atoms with E-state index in [4.69, 9.17) is 4.74 Å². The molecule has 0 aliphatic carbocycles. The van der Waals surface area contributed by atoms with Crippen LogP contribution in [0.2, 0.25) is 0 Å². The second kappa shape index (κ2) is 9.97. The summed E-state index contributed by atoms with van der Waals surface area (Å²) in [6, 6.07) is 21.1. The third kappa shape index (κ3) is 5.33. The summed E-state index contributed by atoms with van der Waals surface area (Å²) in [5.74, 6) is 1.32. The van der Waals surface area contributed by atoms with Gasteiger partial charge >= 0.3 is 0 Å². The van der Waals surface area contributed by atoms with E-state index in [2.05, 4.69) is 70.2 Å². The van der Waals surface area contributed by atoms with E-state index < -0.39 is 0 Å². The summed E-state index contributed by atoms with van der Waals surface area (Å²) in [5.41, 5.74) is 2.60. The molecule has 2 N–H and O–H groups in total. The second-order valence-corrected chi connectivity index (χ2v) is 6.72. The fraction of sp³-hybridized carbons (Fsp3) is 0.409. The molecule has 4 heteroatoms. The molecular weight excluding hydrogens is 322 g/mol. The smallest absolute Gasteiger partial charge is 0.190 e. The molecule has 2 atom stereocenters. The van der Waals surface area contributed by atoms with Crippen LogP contribution in [-0.4, -0.2) is 32.7 Å². The van der Waals surface area contributed by atoms with Crippen LogP contribution in [0.25, 0.3) is 0 Å². The molecular formula is C22H29N3O. The van der Waals surface area contributed by atoms with Crippen LogP contribution in [0.5, 0.6) is 0 Å². The van der Waals surface area contributed by atoms with Gasteiger partial charge in [0.15, 0.2) is 5.96 Å². The van der Waals surface area contributed by atoms with Crippen LogP contribution < -0.4 is 10.6 Å². The van der Waals surface area contributed by atoms with Crippen molar-refractivity contribution in [3.8, 4) is 0 Å². The molecule has 1 saturated heterocycles. The van der Waals surface area contributed by atoms with E-state index in [0.29, 0.717) is 5.92 Å². The van der Waals surface area contributed by atoms with Crippen LogP contribution in [0.1, 0.15) is 30.1 Å². The number of aliphatic imine (C=N–C) groups is 1. The highest BCUT2D eigenvalue weighted by Gasteiger charge is 2.27. The van der Waals surface area contributed by atoms with Gasteiger partial charge in [-0.1, -0.05) is 60.7 Å². The average molecular weight is 351 g/mol. The van der Waals surface area contributed by atoms with Gasteiger partial charge in [-0.15, -0.1) is 0 Å². The summed E-state index contributed by atoms with van der Waals surface area (Å²) in [7, 11) is 1.82. The predicted octanol–water partition coefficient (Wildman–Crippen LogP) is 3.56. The van der Waals surface area contributed by atoms with Crippen molar-refractivity contribution in [3.05, 3.63) is 71.8 Å². The maximum atomic E-state index is 6.08. The number of rotatable bonds is 6. The van der Waals surface area contributed by atoms with Gasteiger partial charge in [-0.3, -0.25) is 4.99 Å². The number of benzene rings is 2. The molecule has 2 aromatic rings. The molecule has 0 spiro atoms. The van der Waals surface area contributed by atoms with E-state index >= 15 is 0 Å². The first kappa shape index (κ1) is 18.5. The van der Waals surface area contributed by atoms with Crippen molar-refractivity contribution in [2.75, 3.05) is 26.7 Å². The Bertz CT molecular complexity index is 672. The largest absolute Gasteiger partial charge is 0.373 e. The van der Waals surface area contributed by atoms with E-state index in [0.717, 1.165) is 38.5 Å². The number of ether oxygens (including phenoxy) is 1. The summed E-state index contributed by atoms with van der Waals surface area (Å²) < 4.78 is 6.08. The maximum Gasteiger partial charge on any atom is 0.190 e. The Morgan fingerprint density at radius 2 is 1.77 bits per heavy atom. The molecule has 1 aliphatic rings. The van der Waals surface area contributed by atoms with Crippen molar-refractivity contribution >= 4 is 5.96 Å². The Kier molecular flexibility index (Phi) is 7.08. The molecule has 3 rings (SSSR count). The number of hydrogen-bond donors (Lipinski definition) is 2. The molecule has 0 bridgehead atoms. The van der Waals surface area contributed by atoms with Crippen LogP contribution in [-0.2, 0) is 11.2 Å². The van der Waals surface area contributed by atoms with Crippen molar-refractivity contribution in [3.63, 3.8) is 0 Å². The number of nitrogens with zero attached hydrogens (tertiary/aromatic N) is 1. The molecule has 0 saturated carbocycles. The topological polar surface area (TPSA) is 45.7 Å². The van der Waals surface area contributed by atoms with Gasteiger partial charge in [0, 0.05) is 32.7 Å². The monoisotopic (exact) mass is 351 g/mol. The van der Waals surface area contributed by atoms with Gasteiger partial charge < -0.3 is 15.4 Å². The maximum absolute atomic E-state index is 6.08. The standard InChI is InChI=1S/C22H29N3O/c1-23-22(24-15-14-18-9-4-2-5-10-18)25-17-20-13-8-16-26-21(20)19-11-6-3-7-12-19/h2-7,9-12,20-21H,8,13-17H2,1H3,(H2,23,24,25). The molecule has 1 heterocycles. The quantitative estimate of drug-likeness (QED) is 0.618. The van der Waals surface area contributed by atoms with Gasteiger partial charge in [-0.25, -0.2) is 0 Å². The van der Waals surface area contributed by atoms with Crippen molar-refractivity contribution < 1.29 is 4.74 Å². The molecule has 2 unspecified atom stereocenters. The van der Waals surface area contributed by atoms with Crippen molar-refractivity contribution in [1.29, 1.82) is 0 Å². The third-order valence-corrected chi connectivity index (χ3v) is 4.88. The minimum atomic E-state index is 0.167. The Morgan fingerprint density at radius 1 is 1.04 bits per heavy atom. The molecule has 0 aromatic heterocycles. The minimum absolute atomic E-state index is 0.167. The molecule has 138 valence electrons. The highest BCUT2D eigenvalue weighted by Crippen LogP contribution is 2.32. The highest BCUT2D eigenvalue weighted by atomic mass is 16.5. The third-order valence-electron chi connectivity index (χ3n) is 4.88. The molecule has 1 fully saturated rings. The SMILES string of the molecule is CN=C(NCCc1ccccc1)NCC1CCCOC1c1ccccc1. The van der Waals surface area contributed by atoms with E-state index in [1.54, 1.807) is 0 Å². The Labute approximate surface area is 156 Å². The fourth-order valence-corrected chi connectivity index (χ4v) is 3.48. The first-order valence-electron chi connectivity index (χ1n) is 9.52. The van der Waals surface area contributed by atoms with E-state index in [1.165, 1.54) is 17.5 Å². The van der Waals surface area contributed by atoms with Crippen LogP contribution >= 0.6 is 0 Å². The number of hydrogen-bond acceptors (Lipinski definition) is 2. The number of guanidine groups is 1. The molecule has 2 aromatic carbocycles. The molecule has 1 aliphatic heterocycles. The van der Waals surface area contributed by atoms with Crippen molar-refractivity contribution in [2.45, 2.75) is 25.4 Å². The van der Waals surface area contributed by atoms with Crippen molar-refractivity contribution in [1.82, 2.24) is 10.6 Å². The van der Waals surface area contributed by atoms with E-state index in [-0.39, 0.29) is 6.10 Å². The van der Waals surface area contributed by atoms with E-state index in [1.807, 2.05) is 13.1 Å². The highest BCUT2D eigenvalue weighted by molar-refractivity contribution is 5.79. The van der Waals surface area contributed by atoms with Crippen LogP contribution in [0, 0.1) is 5.92 Å². The molecule has 26 heavy (non-hydrogen) atoms. The van der Waals surface area contributed by atoms with Gasteiger partial charge in [0.2, 0.25) is 0 Å². The zero-order valence-corrected chi connectivity index (χ0v) is 15.5. The second-order valence-electron chi connectivity index (χ2n) is 6.72. The summed E-state index contributed by atoms with van der Waals surface area (Å²) in [4.78, 5) is 4.36. The van der Waals surface area contributed by atoms with Gasteiger partial charge in [-0.05, 0) is 30.4 Å². The van der Waals surface area contributed by atoms with Gasteiger partial charge in [-0.2, -0.15) is 0 Å². The zero-order valence-electron chi connectivity index (χ0n) is 15.5. The summed E-state index contributed by atoms with van der Waals surface area (Å²) in [6.45, 7) is 2.58. The molecule has 0 amide bonds. The first-order chi connectivity index (χ1) is 12.9. The van der Waals surface area contributed by atoms with E-state index in [9.17, 15) is 0 Å². The van der Waals surface area contributed by atoms with Crippen LogP contribution in [0.3, 0.4) is 0 Å². The lowest BCUT2D eigenvalue weighted by Gasteiger charge is -2.32. The van der Waals surface area contributed by atoms with Gasteiger partial charge in [0.25, 0.3) is 0 Å². The summed E-state index contributed by atoms with van der Waals surface area (Å²) >= 11 is 0. The lowest BCUT2D eigenvalue weighted by Crippen LogP contribution is -2.42. The summed E-state index contributed by atoms with van der Waals surface area (Å²) in [5, 5.41) is 6.89. The van der Waals surface area contributed by atoms with Crippen LogP contribution in [0.4, 0.5) is 0 Å². The summed E-state index contributed by atoms with van der Waals surface area (Å²) in [6.07, 6.45) is 3.45. The van der Waals surface area contributed by atoms with Gasteiger partial charge in [0.1, 0.15) is 0 Å². The Balaban J connectivity index is 1.49. The fourth-order valence-electron chi connectivity index (χ4n) is 3.48. The normalized spacial score (nSPS) is 20.6. The zero-order chi connectivity index (χ0) is 18.0. The minimum Gasteiger partial charge on any atom is -0.373 e. The lowest BCUT2D eigenvalue weighted by molar-refractivity contribution is -0.0265. The van der Waals surface area contributed by atoms with Gasteiger partial charge in [0.05, 0.1) is 6.10 Å². The molecule has 0 radical (unpaired) electrons. The predicted molar refractivity (Wildman–Crippen MR) is 107 cm³/mol. The lowest BCUT2D eigenvalue weighted by atomic mass is 9.89. The average Bonchev–Trinajstić information content (AvgIpc) is 2.72. The molecule has 4 nitrogen and oxygen atoms in total. The first-order valence-corrected chi connectivity index (χ1v) is 9.52.